The van der Waals surface area contributed by atoms with E-state index in [4.69, 9.17) is 0 Å². The summed E-state index contributed by atoms with van der Waals surface area (Å²) in [5.41, 5.74) is 3.56. The minimum atomic E-state index is 0.108. The Morgan fingerprint density at radius 2 is 1.83 bits per heavy atom. The highest BCUT2D eigenvalue weighted by molar-refractivity contribution is 7.99. The summed E-state index contributed by atoms with van der Waals surface area (Å²) in [7, 11) is 0. The molecule has 0 fully saturated rings. The van der Waals surface area contributed by atoms with Crippen molar-refractivity contribution in [3.05, 3.63) is 66.0 Å². The minimum absolute atomic E-state index is 0.108. The number of aryl methyl sites for hydroxylation is 1. The third-order valence-corrected chi connectivity index (χ3v) is 5.35. The number of thioether (sulfide) groups is 1. The number of fused-ring (bicyclic) bond motifs is 1. The third-order valence-electron chi connectivity index (χ3n) is 3.94. The molecule has 3 nitrogen and oxygen atoms in total. The molecule has 0 spiro atoms. The lowest BCUT2D eigenvalue weighted by atomic mass is 10.1. The summed E-state index contributed by atoms with van der Waals surface area (Å²) in [4.78, 5) is 8.78. The monoisotopic (exact) mass is 337 g/mol. The molecule has 1 heterocycles. The first-order valence-electron chi connectivity index (χ1n) is 8.17. The van der Waals surface area contributed by atoms with Gasteiger partial charge >= 0.3 is 0 Å². The van der Waals surface area contributed by atoms with Crippen LogP contribution in [0.25, 0.3) is 10.9 Å². The topological polar surface area (TPSA) is 37.8 Å². The molecule has 0 aliphatic rings. The largest absolute Gasteiger partial charge is 0.368 e. The van der Waals surface area contributed by atoms with Gasteiger partial charge in [-0.3, -0.25) is 0 Å². The van der Waals surface area contributed by atoms with E-state index in [0.717, 1.165) is 29.0 Å². The Bertz CT molecular complexity index is 815. The van der Waals surface area contributed by atoms with Crippen molar-refractivity contribution in [3.8, 4) is 0 Å². The SMILES string of the molecule is Cc1ccc2ncnc(NCC(C)(C)SCc3ccccc3)c2c1. The van der Waals surface area contributed by atoms with E-state index >= 15 is 0 Å². The fourth-order valence-electron chi connectivity index (χ4n) is 2.51. The summed E-state index contributed by atoms with van der Waals surface area (Å²) in [6, 6.07) is 16.9. The van der Waals surface area contributed by atoms with Gasteiger partial charge in [0.25, 0.3) is 0 Å². The molecule has 2 aromatic carbocycles. The summed E-state index contributed by atoms with van der Waals surface area (Å²) in [5, 5.41) is 4.60. The van der Waals surface area contributed by atoms with Crippen molar-refractivity contribution in [3.63, 3.8) is 0 Å². The predicted octanol–water partition coefficient (Wildman–Crippen LogP) is 5.06. The second kappa shape index (κ2) is 7.22. The highest BCUT2D eigenvalue weighted by Gasteiger charge is 2.19. The molecule has 124 valence electrons. The van der Waals surface area contributed by atoms with Gasteiger partial charge in [0.1, 0.15) is 12.1 Å². The highest BCUT2D eigenvalue weighted by Crippen LogP contribution is 2.29. The van der Waals surface area contributed by atoms with E-state index in [-0.39, 0.29) is 4.75 Å². The van der Waals surface area contributed by atoms with E-state index < -0.39 is 0 Å². The smallest absolute Gasteiger partial charge is 0.137 e. The molecule has 0 bridgehead atoms. The zero-order valence-corrected chi connectivity index (χ0v) is 15.2. The van der Waals surface area contributed by atoms with E-state index in [1.54, 1.807) is 6.33 Å². The van der Waals surface area contributed by atoms with Gasteiger partial charge in [0.15, 0.2) is 0 Å². The molecule has 24 heavy (non-hydrogen) atoms. The molecular weight excluding hydrogens is 314 g/mol. The predicted molar refractivity (Wildman–Crippen MR) is 105 cm³/mol. The standard InChI is InChI=1S/C20H23N3S/c1-15-9-10-18-17(11-15)19(23-14-22-18)21-13-20(2,3)24-12-16-7-5-4-6-8-16/h4-11,14H,12-13H2,1-3H3,(H,21,22,23). The fraction of sp³-hybridized carbons (Fsp3) is 0.300. The second-order valence-electron chi connectivity index (χ2n) is 6.63. The number of hydrogen-bond acceptors (Lipinski definition) is 4. The van der Waals surface area contributed by atoms with Crippen molar-refractivity contribution < 1.29 is 0 Å². The van der Waals surface area contributed by atoms with Gasteiger partial charge in [0.05, 0.1) is 5.52 Å². The van der Waals surface area contributed by atoms with Crippen molar-refractivity contribution in [2.75, 3.05) is 11.9 Å². The quantitative estimate of drug-likeness (QED) is 0.682. The number of hydrogen-bond donors (Lipinski definition) is 1. The van der Waals surface area contributed by atoms with Crippen LogP contribution in [0.2, 0.25) is 0 Å². The van der Waals surface area contributed by atoms with E-state index in [1.807, 2.05) is 17.8 Å². The second-order valence-corrected chi connectivity index (χ2v) is 8.31. The Morgan fingerprint density at radius 3 is 2.62 bits per heavy atom. The van der Waals surface area contributed by atoms with Crippen LogP contribution in [0.15, 0.2) is 54.9 Å². The summed E-state index contributed by atoms with van der Waals surface area (Å²) >= 11 is 1.95. The normalized spacial score (nSPS) is 11.6. The molecule has 0 saturated heterocycles. The van der Waals surface area contributed by atoms with Gasteiger partial charge in [-0.25, -0.2) is 9.97 Å². The van der Waals surface area contributed by atoms with Crippen molar-refractivity contribution in [1.82, 2.24) is 9.97 Å². The minimum Gasteiger partial charge on any atom is -0.368 e. The number of benzene rings is 2. The molecule has 0 saturated carbocycles. The van der Waals surface area contributed by atoms with E-state index in [0.29, 0.717) is 0 Å². The van der Waals surface area contributed by atoms with Crippen molar-refractivity contribution in [1.29, 1.82) is 0 Å². The van der Waals surface area contributed by atoms with Gasteiger partial charge in [-0.15, -0.1) is 11.8 Å². The third kappa shape index (κ3) is 4.26. The maximum atomic E-state index is 4.44. The Balaban J connectivity index is 1.67. The zero-order chi connectivity index (χ0) is 17.0. The van der Waals surface area contributed by atoms with Gasteiger partial charge in [0.2, 0.25) is 0 Å². The van der Waals surface area contributed by atoms with E-state index in [2.05, 4.69) is 78.5 Å². The molecule has 0 amide bonds. The molecular formula is C20H23N3S. The Morgan fingerprint density at radius 1 is 1.04 bits per heavy atom. The highest BCUT2D eigenvalue weighted by atomic mass is 32.2. The summed E-state index contributed by atoms with van der Waals surface area (Å²) in [6.07, 6.45) is 1.63. The van der Waals surface area contributed by atoms with E-state index in [9.17, 15) is 0 Å². The fourth-order valence-corrected chi connectivity index (χ4v) is 3.44. The first-order valence-corrected chi connectivity index (χ1v) is 9.15. The Labute approximate surface area is 147 Å². The molecule has 3 rings (SSSR count). The lowest BCUT2D eigenvalue weighted by Crippen LogP contribution is -2.27. The number of rotatable bonds is 6. The van der Waals surface area contributed by atoms with Crippen molar-refractivity contribution in [2.24, 2.45) is 0 Å². The number of nitrogens with one attached hydrogen (secondary N) is 1. The van der Waals surface area contributed by atoms with Gasteiger partial charge in [0, 0.05) is 22.4 Å². The van der Waals surface area contributed by atoms with Gasteiger partial charge < -0.3 is 5.32 Å². The van der Waals surface area contributed by atoms with Crippen LogP contribution in [0, 0.1) is 6.92 Å². The Kier molecular flexibility index (Phi) is 5.05. The van der Waals surface area contributed by atoms with Crippen LogP contribution >= 0.6 is 11.8 Å². The molecule has 0 aliphatic heterocycles. The molecule has 4 heteroatoms. The lowest BCUT2D eigenvalue weighted by Gasteiger charge is -2.25. The first-order chi connectivity index (χ1) is 11.5. The van der Waals surface area contributed by atoms with Crippen LogP contribution in [0.5, 0.6) is 0 Å². The Hall–Kier alpha value is -2.07. The van der Waals surface area contributed by atoms with Gasteiger partial charge in [-0.1, -0.05) is 42.0 Å². The average Bonchev–Trinajstić information content (AvgIpc) is 2.59. The lowest BCUT2D eigenvalue weighted by molar-refractivity contribution is 0.747. The molecule has 0 radical (unpaired) electrons. The average molecular weight is 337 g/mol. The van der Waals surface area contributed by atoms with Crippen LogP contribution in [-0.2, 0) is 5.75 Å². The van der Waals surface area contributed by atoms with Crippen LogP contribution in [0.1, 0.15) is 25.0 Å². The molecule has 3 aromatic rings. The van der Waals surface area contributed by atoms with Crippen LogP contribution < -0.4 is 5.32 Å². The number of anilines is 1. The van der Waals surface area contributed by atoms with Crippen LogP contribution in [-0.4, -0.2) is 21.3 Å². The van der Waals surface area contributed by atoms with Crippen LogP contribution in [0.4, 0.5) is 5.82 Å². The summed E-state index contributed by atoms with van der Waals surface area (Å²) in [6.45, 7) is 7.48. The van der Waals surface area contributed by atoms with Gasteiger partial charge in [-0.2, -0.15) is 0 Å². The van der Waals surface area contributed by atoms with Crippen molar-refractivity contribution in [2.45, 2.75) is 31.3 Å². The molecule has 0 atom stereocenters. The zero-order valence-electron chi connectivity index (χ0n) is 14.4. The van der Waals surface area contributed by atoms with Crippen LogP contribution in [0.3, 0.4) is 0 Å². The number of nitrogens with zero attached hydrogens (tertiary/aromatic N) is 2. The molecule has 1 N–H and O–H groups in total. The maximum absolute atomic E-state index is 4.44. The van der Waals surface area contributed by atoms with E-state index in [1.165, 1.54) is 11.1 Å². The van der Waals surface area contributed by atoms with Crippen molar-refractivity contribution >= 4 is 28.5 Å². The number of aromatic nitrogens is 2. The van der Waals surface area contributed by atoms with Gasteiger partial charge in [-0.05, 0) is 38.5 Å². The molecule has 1 aromatic heterocycles. The maximum Gasteiger partial charge on any atom is 0.137 e. The first kappa shape index (κ1) is 16.8. The molecule has 0 unspecified atom stereocenters. The molecule has 0 aliphatic carbocycles. The summed E-state index contributed by atoms with van der Waals surface area (Å²) in [5.74, 6) is 1.93. The summed E-state index contributed by atoms with van der Waals surface area (Å²) < 4.78 is 0.108.